The van der Waals surface area contributed by atoms with Gasteiger partial charge in [-0.1, -0.05) is 48.0 Å². The molecular formula is C30H28ClFN4O5S. The number of halogens is 2. The Morgan fingerprint density at radius 1 is 1.07 bits per heavy atom. The van der Waals surface area contributed by atoms with Crippen molar-refractivity contribution in [2.75, 3.05) is 6.54 Å². The van der Waals surface area contributed by atoms with Crippen LogP contribution in [-0.4, -0.2) is 53.3 Å². The quantitative estimate of drug-likeness (QED) is 0.253. The number of Topliss-reactive ketones (excluding diaryl/α,β-unsaturated/α-hetero) is 1. The van der Waals surface area contributed by atoms with Crippen LogP contribution in [0.1, 0.15) is 41.4 Å². The Bertz CT molecular complexity index is 1790. The highest BCUT2D eigenvalue weighted by molar-refractivity contribution is 7.90. The summed E-state index contributed by atoms with van der Waals surface area (Å²) in [5.74, 6) is -2.02. The van der Waals surface area contributed by atoms with Crippen molar-refractivity contribution in [3.8, 4) is 0 Å². The Balaban J connectivity index is 1.32. The predicted molar refractivity (Wildman–Crippen MR) is 155 cm³/mol. The summed E-state index contributed by atoms with van der Waals surface area (Å²) in [5.41, 5.74) is 1.32. The van der Waals surface area contributed by atoms with Gasteiger partial charge in [-0.05, 0) is 48.7 Å². The second-order valence-electron chi connectivity index (χ2n) is 10.2. The van der Waals surface area contributed by atoms with Gasteiger partial charge in [-0.25, -0.2) is 12.8 Å². The zero-order valence-corrected chi connectivity index (χ0v) is 24.3. The maximum Gasteiger partial charge on any atom is 0.245 e. The number of benzene rings is 3. The van der Waals surface area contributed by atoms with Crippen molar-refractivity contribution in [2.24, 2.45) is 0 Å². The predicted octanol–water partition coefficient (Wildman–Crippen LogP) is 4.31. The first-order valence-corrected chi connectivity index (χ1v) is 15.3. The van der Waals surface area contributed by atoms with Crippen LogP contribution < -0.4 is 5.32 Å². The summed E-state index contributed by atoms with van der Waals surface area (Å²) in [7, 11) is -3.62. The summed E-state index contributed by atoms with van der Waals surface area (Å²) in [6.45, 7) is 0.834. The van der Waals surface area contributed by atoms with E-state index in [0.29, 0.717) is 16.5 Å². The highest BCUT2D eigenvalue weighted by Gasteiger charge is 2.34. The van der Waals surface area contributed by atoms with Gasteiger partial charge in [0.2, 0.25) is 11.8 Å². The van der Waals surface area contributed by atoms with Crippen LogP contribution in [0.15, 0.2) is 71.6 Å². The summed E-state index contributed by atoms with van der Waals surface area (Å²) in [6, 6.07) is 17.4. The lowest BCUT2D eigenvalue weighted by Crippen LogP contribution is -2.43. The number of nitrogens with one attached hydrogen (secondary N) is 1. The van der Waals surface area contributed by atoms with E-state index in [0.717, 1.165) is 12.8 Å². The Morgan fingerprint density at radius 3 is 2.50 bits per heavy atom. The number of rotatable bonds is 11. The average molecular weight is 611 g/mol. The fraction of sp³-hybridized carbons (Fsp3) is 0.267. The van der Waals surface area contributed by atoms with Gasteiger partial charge in [-0.2, -0.15) is 5.10 Å². The number of fused-ring (bicyclic) bond motifs is 1. The SMILES string of the molecule is CC(=O)c1nn(CC(=O)N(CC(=O)NCc2cccc(Cl)c2F)C2CC2)c2ccc(CS(=O)(=O)c3ccccc3)cc12. The normalized spacial score (nSPS) is 13.2. The van der Waals surface area contributed by atoms with Gasteiger partial charge in [-0.3, -0.25) is 19.1 Å². The van der Waals surface area contributed by atoms with Crippen LogP contribution >= 0.6 is 11.6 Å². The lowest BCUT2D eigenvalue weighted by atomic mass is 10.1. The maximum atomic E-state index is 14.2. The third-order valence-corrected chi connectivity index (χ3v) is 9.02. The molecule has 1 aromatic heterocycles. The second kappa shape index (κ2) is 12.0. The van der Waals surface area contributed by atoms with E-state index in [2.05, 4.69) is 10.4 Å². The van der Waals surface area contributed by atoms with Crippen LogP contribution in [0.4, 0.5) is 4.39 Å². The highest BCUT2D eigenvalue weighted by Crippen LogP contribution is 2.28. The first-order valence-electron chi connectivity index (χ1n) is 13.3. The van der Waals surface area contributed by atoms with Gasteiger partial charge in [0.15, 0.2) is 15.6 Å². The van der Waals surface area contributed by atoms with E-state index in [1.165, 1.54) is 40.8 Å². The molecule has 4 aromatic rings. The largest absolute Gasteiger partial charge is 0.350 e. The standard InChI is InChI=1S/C30H28ClFN4O5S/c1-19(37)30-24-14-20(18-42(40,41)23-7-3-2-4-8-23)10-13-26(24)36(34-30)17-28(39)35(22-11-12-22)16-27(38)33-15-21-6-5-9-25(31)29(21)32/h2-10,13-14,22H,11-12,15-18H2,1H3,(H,33,38). The number of carbonyl (C=O) groups excluding carboxylic acids is 3. The van der Waals surface area contributed by atoms with E-state index in [-0.39, 0.29) is 64.3 Å². The molecule has 12 heteroatoms. The third kappa shape index (κ3) is 6.52. The molecular weight excluding hydrogens is 583 g/mol. The number of hydrogen-bond acceptors (Lipinski definition) is 6. The molecule has 3 aromatic carbocycles. The molecule has 0 aliphatic heterocycles. The van der Waals surface area contributed by atoms with Gasteiger partial charge in [-0.15, -0.1) is 0 Å². The van der Waals surface area contributed by atoms with Crippen LogP contribution in [0, 0.1) is 5.82 Å². The van der Waals surface area contributed by atoms with E-state index in [9.17, 15) is 27.2 Å². The smallest absolute Gasteiger partial charge is 0.245 e. The van der Waals surface area contributed by atoms with Gasteiger partial charge >= 0.3 is 0 Å². The number of aromatic nitrogens is 2. The highest BCUT2D eigenvalue weighted by atomic mass is 35.5. The van der Waals surface area contributed by atoms with E-state index in [4.69, 9.17) is 11.6 Å². The molecule has 1 N–H and O–H groups in total. The number of amides is 2. The van der Waals surface area contributed by atoms with Crippen molar-refractivity contribution in [3.05, 3.63) is 94.4 Å². The molecule has 0 bridgehead atoms. The second-order valence-corrected chi connectivity index (χ2v) is 12.6. The van der Waals surface area contributed by atoms with Gasteiger partial charge < -0.3 is 10.2 Å². The molecule has 1 saturated carbocycles. The molecule has 5 rings (SSSR count). The summed E-state index contributed by atoms with van der Waals surface area (Å²) >= 11 is 5.81. The average Bonchev–Trinajstić information content (AvgIpc) is 3.74. The summed E-state index contributed by atoms with van der Waals surface area (Å²) in [4.78, 5) is 40.2. The van der Waals surface area contributed by atoms with E-state index < -0.39 is 21.6 Å². The monoisotopic (exact) mass is 610 g/mol. The fourth-order valence-electron chi connectivity index (χ4n) is 4.74. The number of hydrogen-bond donors (Lipinski definition) is 1. The molecule has 0 unspecified atom stereocenters. The first kappa shape index (κ1) is 29.4. The van der Waals surface area contributed by atoms with E-state index >= 15 is 0 Å². The molecule has 0 atom stereocenters. The minimum Gasteiger partial charge on any atom is -0.350 e. The Kier molecular flexibility index (Phi) is 8.42. The van der Waals surface area contributed by atoms with Crippen LogP contribution in [0.3, 0.4) is 0 Å². The van der Waals surface area contributed by atoms with Crippen molar-refractivity contribution in [3.63, 3.8) is 0 Å². The molecule has 42 heavy (non-hydrogen) atoms. The molecule has 9 nitrogen and oxygen atoms in total. The Hall–Kier alpha value is -4.09. The molecule has 1 aliphatic carbocycles. The van der Waals surface area contributed by atoms with Gasteiger partial charge in [0, 0.05) is 30.5 Å². The molecule has 0 radical (unpaired) electrons. The number of nitrogens with zero attached hydrogens (tertiary/aromatic N) is 3. The number of carbonyl (C=O) groups is 3. The molecule has 1 heterocycles. The van der Waals surface area contributed by atoms with E-state index in [1.54, 1.807) is 42.5 Å². The van der Waals surface area contributed by atoms with Crippen LogP contribution in [0.5, 0.6) is 0 Å². The van der Waals surface area contributed by atoms with Crippen LogP contribution in [-0.2, 0) is 38.3 Å². The first-order chi connectivity index (χ1) is 20.0. The van der Waals surface area contributed by atoms with Gasteiger partial charge in [0.25, 0.3) is 0 Å². The van der Waals surface area contributed by atoms with Crippen molar-refractivity contribution < 1.29 is 27.2 Å². The molecule has 218 valence electrons. The van der Waals surface area contributed by atoms with Crippen LogP contribution in [0.2, 0.25) is 5.02 Å². The lowest BCUT2D eigenvalue weighted by molar-refractivity contribution is -0.137. The van der Waals surface area contributed by atoms with E-state index in [1.807, 2.05) is 0 Å². The minimum atomic E-state index is -3.62. The summed E-state index contributed by atoms with van der Waals surface area (Å²) < 4.78 is 41.4. The summed E-state index contributed by atoms with van der Waals surface area (Å²) in [5, 5.41) is 7.41. The lowest BCUT2D eigenvalue weighted by Gasteiger charge is -2.22. The topological polar surface area (TPSA) is 118 Å². The molecule has 0 saturated heterocycles. The molecule has 1 fully saturated rings. The van der Waals surface area contributed by atoms with Crippen molar-refractivity contribution in [1.82, 2.24) is 20.0 Å². The zero-order chi connectivity index (χ0) is 30.0. The minimum absolute atomic E-state index is 0.0437. The Morgan fingerprint density at radius 2 is 1.81 bits per heavy atom. The molecule has 0 spiro atoms. The zero-order valence-electron chi connectivity index (χ0n) is 22.7. The number of sulfone groups is 1. The maximum absolute atomic E-state index is 14.2. The van der Waals surface area contributed by atoms with Gasteiger partial charge in [0.05, 0.1) is 27.7 Å². The summed E-state index contributed by atoms with van der Waals surface area (Å²) in [6.07, 6.45) is 1.50. The van der Waals surface area contributed by atoms with Crippen molar-refractivity contribution >= 4 is 49.9 Å². The van der Waals surface area contributed by atoms with Crippen molar-refractivity contribution in [2.45, 2.75) is 49.5 Å². The number of ketones is 1. The molecule has 2 amide bonds. The Labute approximate surface area is 247 Å². The van der Waals surface area contributed by atoms with Gasteiger partial charge in [0.1, 0.15) is 18.1 Å². The van der Waals surface area contributed by atoms with Crippen LogP contribution in [0.25, 0.3) is 10.9 Å². The van der Waals surface area contributed by atoms with Crippen molar-refractivity contribution in [1.29, 1.82) is 0 Å². The molecule has 1 aliphatic rings. The third-order valence-electron chi connectivity index (χ3n) is 7.02. The fourth-order valence-corrected chi connectivity index (χ4v) is 6.29.